The molecule has 0 bridgehead atoms. The Kier molecular flexibility index (Phi) is 4.53. The van der Waals surface area contributed by atoms with Gasteiger partial charge in [0.25, 0.3) is 0 Å². The third-order valence-corrected chi connectivity index (χ3v) is 5.83. The van der Waals surface area contributed by atoms with E-state index in [9.17, 15) is 14.3 Å². The largest absolute Gasteiger partial charge is 0.507 e. The molecule has 1 aliphatic carbocycles. The van der Waals surface area contributed by atoms with Crippen molar-refractivity contribution in [2.45, 2.75) is 32.2 Å². The molecule has 2 aromatic carbocycles. The van der Waals surface area contributed by atoms with Crippen molar-refractivity contribution in [2.75, 3.05) is 18.0 Å². The monoisotopic (exact) mass is 410 g/mol. The van der Waals surface area contributed by atoms with Gasteiger partial charge in [-0.25, -0.2) is 14.4 Å². The van der Waals surface area contributed by atoms with Crippen molar-refractivity contribution in [1.29, 1.82) is 0 Å². The lowest BCUT2D eigenvalue weighted by molar-refractivity contribution is -0.122. The van der Waals surface area contributed by atoms with Crippen LogP contribution < -0.4 is 10.2 Å². The molecular formula is C23H27FN4O2. The second-order valence-corrected chi connectivity index (χ2v) is 8.24. The molecule has 1 saturated carbocycles. The fourth-order valence-electron chi connectivity index (χ4n) is 4.04. The number of anilines is 1. The minimum Gasteiger partial charge on any atom is -0.507 e. The number of benzene rings is 2. The van der Waals surface area contributed by atoms with E-state index in [2.05, 4.69) is 20.2 Å². The Bertz CT molecular complexity index is 1140. The van der Waals surface area contributed by atoms with Crippen LogP contribution in [0, 0.1) is 18.7 Å². The van der Waals surface area contributed by atoms with Gasteiger partial charge < -0.3 is 15.3 Å². The molecule has 1 amide bonds. The first kappa shape index (κ1) is 18.8. The van der Waals surface area contributed by atoms with Crippen molar-refractivity contribution in [3.05, 3.63) is 47.8 Å². The lowest BCUT2D eigenvalue weighted by Gasteiger charge is -2.21. The molecular weight excluding hydrogens is 383 g/mol. The summed E-state index contributed by atoms with van der Waals surface area (Å²) in [7, 11) is 0. The predicted molar refractivity (Wildman–Crippen MR) is 117 cm³/mol. The molecule has 2 heterocycles. The fourth-order valence-corrected chi connectivity index (χ4v) is 4.04. The lowest BCUT2D eigenvalue weighted by atomic mass is 10.1. The maximum atomic E-state index is 14.5. The Labute approximate surface area is 176 Å². The highest BCUT2D eigenvalue weighted by Gasteiger charge is 2.33. The van der Waals surface area contributed by atoms with Gasteiger partial charge in [-0.05, 0) is 56.0 Å². The van der Waals surface area contributed by atoms with Crippen molar-refractivity contribution in [1.82, 2.24) is 15.3 Å². The number of hydrogen-bond donors (Lipinski definition) is 2. The highest BCUT2D eigenvalue weighted by atomic mass is 19.1. The van der Waals surface area contributed by atoms with Gasteiger partial charge in [-0.1, -0.05) is 12.1 Å². The summed E-state index contributed by atoms with van der Waals surface area (Å²) in [6.45, 7) is 3.35. The molecule has 1 saturated heterocycles. The van der Waals surface area contributed by atoms with Gasteiger partial charge in [0.15, 0.2) is 5.82 Å². The van der Waals surface area contributed by atoms with Gasteiger partial charge in [0.05, 0.1) is 11.1 Å². The Morgan fingerprint density at radius 2 is 2.07 bits per heavy atom. The van der Waals surface area contributed by atoms with E-state index in [0.29, 0.717) is 17.9 Å². The average molecular weight is 410 g/mol. The normalized spacial score (nSPS) is 18.7. The first-order valence-electron chi connectivity index (χ1n) is 10.3. The van der Waals surface area contributed by atoms with Crippen LogP contribution in [0.2, 0.25) is 0 Å². The number of halogens is 1. The SMILES string of the molecule is Cc1ccc2c(N3CC[C@@H](NC(=O)C4CC4)C3)nc(-c3c(O)cccc3F)nc2c1.[HH].[HH]. The number of aromatic nitrogens is 2. The van der Waals surface area contributed by atoms with Crippen LogP contribution in [0.25, 0.3) is 22.3 Å². The Balaban J connectivity index is 0.00000144. The Morgan fingerprint density at radius 1 is 1.23 bits per heavy atom. The molecule has 2 aliphatic rings. The standard InChI is InChI=1S/C23H23FN4O2.2H2/c1-13-5-8-16-18(11-13)26-21(20-17(24)3-2-4-19(20)29)27-22(16)28-10-9-15(12-28)25-23(30)14-6-7-14;;/h2-5,8,11,14-15,29H,6-7,9-10,12H2,1H3,(H,25,30);2*1H/t15-;;/m1../s1. The van der Waals surface area contributed by atoms with Crippen LogP contribution in [0.5, 0.6) is 5.75 Å². The molecule has 158 valence electrons. The van der Waals surface area contributed by atoms with Crippen LogP contribution in [0.1, 0.15) is 27.7 Å². The van der Waals surface area contributed by atoms with E-state index in [0.717, 1.165) is 36.8 Å². The summed E-state index contributed by atoms with van der Waals surface area (Å²) in [5, 5.41) is 14.3. The summed E-state index contributed by atoms with van der Waals surface area (Å²) in [5.41, 5.74) is 1.73. The van der Waals surface area contributed by atoms with Gasteiger partial charge in [-0.2, -0.15) is 0 Å². The number of phenolic OH excluding ortho intramolecular Hbond substituents is 1. The first-order chi connectivity index (χ1) is 14.5. The van der Waals surface area contributed by atoms with Crippen molar-refractivity contribution >= 4 is 22.6 Å². The number of amides is 1. The van der Waals surface area contributed by atoms with Gasteiger partial charge in [0, 0.05) is 33.3 Å². The van der Waals surface area contributed by atoms with Crippen molar-refractivity contribution in [3.8, 4) is 17.1 Å². The van der Waals surface area contributed by atoms with Gasteiger partial charge in [-0.15, -0.1) is 0 Å². The first-order valence-corrected chi connectivity index (χ1v) is 10.3. The second-order valence-electron chi connectivity index (χ2n) is 8.24. The Hall–Kier alpha value is -3.22. The third kappa shape index (κ3) is 3.44. The summed E-state index contributed by atoms with van der Waals surface area (Å²) >= 11 is 0. The summed E-state index contributed by atoms with van der Waals surface area (Å²) in [6, 6.07) is 10.1. The number of aromatic hydroxyl groups is 1. The number of nitrogens with zero attached hydrogens (tertiary/aromatic N) is 3. The summed E-state index contributed by atoms with van der Waals surface area (Å²) in [5.74, 6) is 0.414. The van der Waals surface area contributed by atoms with Crippen molar-refractivity contribution < 1.29 is 17.1 Å². The molecule has 7 heteroatoms. The minimum atomic E-state index is -0.566. The zero-order valence-electron chi connectivity index (χ0n) is 16.7. The summed E-state index contributed by atoms with van der Waals surface area (Å²) < 4.78 is 14.5. The van der Waals surface area contributed by atoms with Gasteiger partial charge in [0.2, 0.25) is 5.91 Å². The topological polar surface area (TPSA) is 78.4 Å². The lowest BCUT2D eigenvalue weighted by Crippen LogP contribution is -2.38. The molecule has 30 heavy (non-hydrogen) atoms. The molecule has 0 radical (unpaired) electrons. The van der Waals surface area contributed by atoms with Crippen molar-refractivity contribution in [2.24, 2.45) is 5.92 Å². The van der Waals surface area contributed by atoms with Crippen LogP contribution in [0.3, 0.4) is 0 Å². The molecule has 6 nitrogen and oxygen atoms in total. The van der Waals surface area contributed by atoms with E-state index in [-0.39, 0.29) is 37.9 Å². The number of nitrogens with one attached hydrogen (secondary N) is 1. The predicted octanol–water partition coefficient (Wildman–Crippen LogP) is 4.05. The van der Waals surface area contributed by atoms with E-state index < -0.39 is 5.82 Å². The van der Waals surface area contributed by atoms with Gasteiger partial charge in [0.1, 0.15) is 17.4 Å². The quantitative estimate of drug-likeness (QED) is 0.679. The smallest absolute Gasteiger partial charge is 0.223 e. The number of aryl methyl sites for hydroxylation is 1. The molecule has 1 aromatic heterocycles. The molecule has 3 aromatic rings. The van der Waals surface area contributed by atoms with E-state index in [4.69, 9.17) is 0 Å². The minimum absolute atomic E-state index is 0. The van der Waals surface area contributed by atoms with E-state index >= 15 is 0 Å². The summed E-state index contributed by atoms with van der Waals surface area (Å²) in [6.07, 6.45) is 2.79. The number of hydrogen-bond acceptors (Lipinski definition) is 5. The van der Waals surface area contributed by atoms with Gasteiger partial charge in [-0.3, -0.25) is 4.79 Å². The average Bonchev–Trinajstić information content (AvgIpc) is 3.47. The molecule has 1 atom stereocenters. The number of phenols is 1. The molecule has 5 rings (SSSR count). The van der Waals surface area contributed by atoms with Crippen LogP contribution in [-0.2, 0) is 4.79 Å². The van der Waals surface area contributed by atoms with E-state index in [1.807, 2.05) is 25.1 Å². The Morgan fingerprint density at radius 3 is 2.83 bits per heavy atom. The number of fused-ring (bicyclic) bond motifs is 1. The molecule has 0 unspecified atom stereocenters. The number of rotatable bonds is 4. The summed E-state index contributed by atoms with van der Waals surface area (Å²) in [4.78, 5) is 23.5. The zero-order chi connectivity index (χ0) is 20.8. The molecule has 2 N–H and O–H groups in total. The van der Waals surface area contributed by atoms with Crippen molar-refractivity contribution in [3.63, 3.8) is 0 Å². The van der Waals surface area contributed by atoms with Crippen LogP contribution in [0.4, 0.5) is 10.2 Å². The van der Waals surface area contributed by atoms with E-state index in [1.165, 1.54) is 18.2 Å². The fraction of sp³-hybridized carbons (Fsp3) is 0.348. The van der Waals surface area contributed by atoms with Crippen LogP contribution >= 0.6 is 0 Å². The van der Waals surface area contributed by atoms with Crippen LogP contribution in [-0.4, -0.2) is 40.1 Å². The second kappa shape index (κ2) is 7.23. The third-order valence-electron chi connectivity index (χ3n) is 5.83. The highest BCUT2D eigenvalue weighted by Crippen LogP contribution is 2.35. The van der Waals surface area contributed by atoms with E-state index in [1.54, 1.807) is 0 Å². The maximum absolute atomic E-state index is 14.5. The maximum Gasteiger partial charge on any atom is 0.223 e. The molecule has 2 fully saturated rings. The molecule has 1 aliphatic heterocycles. The van der Waals surface area contributed by atoms with Gasteiger partial charge >= 0.3 is 0 Å². The number of carbonyl (C=O) groups is 1. The van der Waals surface area contributed by atoms with Crippen LogP contribution in [0.15, 0.2) is 36.4 Å². The number of carbonyl (C=O) groups excluding carboxylic acids is 1. The zero-order valence-corrected chi connectivity index (χ0v) is 16.7. The highest BCUT2D eigenvalue weighted by molar-refractivity contribution is 5.92. The molecule has 0 spiro atoms.